The third-order valence-electron chi connectivity index (χ3n) is 4.36. The summed E-state index contributed by atoms with van der Waals surface area (Å²) >= 11 is 0. The molecule has 0 saturated carbocycles. The Hall–Kier alpha value is -3.20. The van der Waals surface area contributed by atoms with E-state index in [1.54, 1.807) is 42.6 Å². The fourth-order valence-electron chi connectivity index (χ4n) is 2.82. The van der Waals surface area contributed by atoms with Crippen molar-refractivity contribution in [2.24, 2.45) is 0 Å². The Morgan fingerprint density at radius 2 is 2.21 bits per heavy atom. The maximum atomic E-state index is 12.2. The van der Waals surface area contributed by atoms with E-state index in [0.717, 1.165) is 12.1 Å². The zero-order chi connectivity index (χ0) is 20.1. The van der Waals surface area contributed by atoms with Gasteiger partial charge in [0.25, 0.3) is 5.56 Å². The number of hydrogen-bond donors (Lipinski definition) is 3. The number of aromatic amines is 1. The van der Waals surface area contributed by atoms with Crippen molar-refractivity contribution in [2.75, 3.05) is 51.4 Å². The molecule has 0 aliphatic carbocycles. The first-order chi connectivity index (χ1) is 13.5. The van der Waals surface area contributed by atoms with Gasteiger partial charge in [-0.2, -0.15) is 0 Å². The normalized spacial score (nSPS) is 14.4. The van der Waals surface area contributed by atoms with Crippen molar-refractivity contribution >= 4 is 17.5 Å². The van der Waals surface area contributed by atoms with Crippen molar-refractivity contribution in [2.45, 2.75) is 6.04 Å². The summed E-state index contributed by atoms with van der Waals surface area (Å²) in [6, 6.07) is 3.59. The third kappa shape index (κ3) is 4.74. The fraction of sp³-hybridized carbons (Fsp3) is 0.368. The molecular formula is C19H25N7O2. The van der Waals surface area contributed by atoms with Gasteiger partial charge in [-0.05, 0) is 26.2 Å². The number of likely N-dealkylation sites (tertiary alicyclic amines) is 1. The molecular weight excluding hydrogens is 358 g/mol. The van der Waals surface area contributed by atoms with E-state index in [-0.39, 0.29) is 17.5 Å². The van der Waals surface area contributed by atoms with Gasteiger partial charge in [-0.1, -0.05) is 6.08 Å². The van der Waals surface area contributed by atoms with E-state index in [9.17, 15) is 9.59 Å². The summed E-state index contributed by atoms with van der Waals surface area (Å²) in [5, 5.41) is 6.11. The number of nitrogens with zero attached hydrogens (tertiary/aromatic N) is 4. The van der Waals surface area contributed by atoms with Gasteiger partial charge in [0.1, 0.15) is 5.69 Å². The zero-order valence-electron chi connectivity index (χ0n) is 16.3. The Kier molecular flexibility index (Phi) is 6.05. The molecule has 148 valence electrons. The highest BCUT2D eigenvalue weighted by atomic mass is 16.2. The average molecular weight is 383 g/mol. The molecule has 1 saturated heterocycles. The molecule has 3 N–H and O–H groups in total. The number of likely N-dealkylation sites (N-methyl/N-ethyl adjacent to an activating group) is 1. The molecule has 3 heterocycles. The van der Waals surface area contributed by atoms with Gasteiger partial charge in [-0.3, -0.25) is 9.59 Å². The van der Waals surface area contributed by atoms with E-state index in [4.69, 9.17) is 0 Å². The molecule has 28 heavy (non-hydrogen) atoms. The largest absolute Gasteiger partial charge is 0.374 e. The van der Waals surface area contributed by atoms with Crippen molar-refractivity contribution in [3.63, 3.8) is 0 Å². The van der Waals surface area contributed by atoms with Crippen molar-refractivity contribution < 1.29 is 4.79 Å². The number of nitrogens with one attached hydrogen (secondary N) is 3. The minimum Gasteiger partial charge on any atom is -0.374 e. The number of rotatable bonds is 7. The predicted octanol–water partition coefficient (Wildman–Crippen LogP) is 0.614. The van der Waals surface area contributed by atoms with Gasteiger partial charge in [-0.25, -0.2) is 9.97 Å². The lowest BCUT2D eigenvalue weighted by atomic mass is 10.1. The van der Waals surface area contributed by atoms with Crippen LogP contribution in [-0.4, -0.2) is 77.5 Å². The SMILES string of the molecule is CNc1nccc(-c2c[nH]c(=O)c(NC3CN(C(=O)/C=C/CN(C)C)C3)c2)n1. The molecule has 1 aliphatic heterocycles. The second kappa shape index (κ2) is 8.66. The molecule has 2 aromatic rings. The van der Waals surface area contributed by atoms with E-state index >= 15 is 0 Å². The Balaban J connectivity index is 1.62. The molecule has 0 aromatic carbocycles. The van der Waals surface area contributed by atoms with Crippen LogP contribution in [0, 0.1) is 0 Å². The van der Waals surface area contributed by atoms with Crippen LogP contribution in [0.5, 0.6) is 0 Å². The lowest BCUT2D eigenvalue weighted by Crippen LogP contribution is -2.57. The second-order valence-electron chi connectivity index (χ2n) is 6.90. The minimum absolute atomic E-state index is 0.0110. The van der Waals surface area contributed by atoms with Crippen LogP contribution >= 0.6 is 0 Å². The molecule has 2 aromatic heterocycles. The number of pyridine rings is 1. The summed E-state index contributed by atoms with van der Waals surface area (Å²) in [6.45, 7) is 1.85. The van der Waals surface area contributed by atoms with Crippen molar-refractivity contribution in [3.05, 3.63) is 47.0 Å². The number of H-pyrrole nitrogens is 1. The predicted molar refractivity (Wildman–Crippen MR) is 109 cm³/mol. The van der Waals surface area contributed by atoms with Crippen molar-refractivity contribution in [3.8, 4) is 11.3 Å². The van der Waals surface area contributed by atoms with Crippen LogP contribution in [0.25, 0.3) is 11.3 Å². The Bertz CT molecular complexity index is 916. The molecule has 1 amide bonds. The molecule has 9 nitrogen and oxygen atoms in total. The molecule has 0 spiro atoms. The van der Waals surface area contributed by atoms with Gasteiger partial charge in [0.2, 0.25) is 11.9 Å². The molecule has 0 radical (unpaired) electrons. The highest BCUT2D eigenvalue weighted by Gasteiger charge is 2.29. The molecule has 3 rings (SSSR count). The molecule has 0 atom stereocenters. The van der Waals surface area contributed by atoms with Crippen LogP contribution in [0.4, 0.5) is 11.6 Å². The summed E-state index contributed by atoms with van der Waals surface area (Å²) in [5.41, 5.74) is 1.74. The summed E-state index contributed by atoms with van der Waals surface area (Å²) in [4.78, 5) is 39.2. The number of aromatic nitrogens is 3. The summed E-state index contributed by atoms with van der Waals surface area (Å²) in [5.74, 6) is 0.497. The maximum Gasteiger partial charge on any atom is 0.271 e. The molecule has 9 heteroatoms. The Labute approximate surface area is 163 Å². The fourth-order valence-corrected chi connectivity index (χ4v) is 2.82. The standard InChI is InChI=1S/C19H25N7O2/c1-20-19-21-7-6-15(24-19)13-9-16(18(28)22-10-13)23-14-11-26(12-14)17(27)5-4-8-25(2)3/h4-7,9-10,14,23H,8,11-12H2,1-3H3,(H,22,28)(H,20,21,24)/b5-4+. The van der Waals surface area contributed by atoms with Gasteiger partial charge < -0.3 is 25.4 Å². The lowest BCUT2D eigenvalue weighted by molar-refractivity contribution is -0.129. The van der Waals surface area contributed by atoms with Crippen LogP contribution in [0.1, 0.15) is 0 Å². The van der Waals surface area contributed by atoms with Crippen LogP contribution in [0.15, 0.2) is 41.5 Å². The van der Waals surface area contributed by atoms with Gasteiger partial charge >= 0.3 is 0 Å². The number of hydrogen-bond acceptors (Lipinski definition) is 7. The van der Waals surface area contributed by atoms with Crippen molar-refractivity contribution in [1.29, 1.82) is 0 Å². The van der Waals surface area contributed by atoms with Gasteiger partial charge in [0.05, 0.1) is 11.7 Å². The maximum absolute atomic E-state index is 12.2. The first-order valence-electron chi connectivity index (χ1n) is 9.07. The molecule has 1 fully saturated rings. The van der Waals surface area contributed by atoms with Crippen molar-refractivity contribution in [1.82, 2.24) is 24.8 Å². The van der Waals surface area contributed by atoms with E-state index in [0.29, 0.717) is 30.4 Å². The van der Waals surface area contributed by atoms with Gasteiger partial charge in [0.15, 0.2) is 0 Å². The van der Waals surface area contributed by atoms with Crippen LogP contribution in [0.2, 0.25) is 0 Å². The first-order valence-corrected chi connectivity index (χ1v) is 9.07. The highest BCUT2D eigenvalue weighted by Crippen LogP contribution is 2.20. The van der Waals surface area contributed by atoms with E-state index in [1.807, 2.05) is 25.1 Å². The number of carbonyl (C=O) groups excluding carboxylic acids is 1. The topological polar surface area (TPSA) is 106 Å². The van der Waals surface area contributed by atoms with Gasteiger partial charge in [-0.15, -0.1) is 0 Å². The lowest BCUT2D eigenvalue weighted by Gasteiger charge is -2.39. The van der Waals surface area contributed by atoms with Crippen LogP contribution in [0.3, 0.4) is 0 Å². The monoisotopic (exact) mass is 383 g/mol. The summed E-state index contributed by atoms with van der Waals surface area (Å²) in [6.07, 6.45) is 6.73. The molecule has 0 unspecified atom stereocenters. The van der Waals surface area contributed by atoms with E-state index in [2.05, 4.69) is 25.6 Å². The molecule has 1 aliphatic rings. The summed E-state index contributed by atoms with van der Waals surface area (Å²) in [7, 11) is 5.65. The smallest absolute Gasteiger partial charge is 0.271 e. The Morgan fingerprint density at radius 3 is 2.93 bits per heavy atom. The average Bonchev–Trinajstić information content (AvgIpc) is 2.65. The van der Waals surface area contributed by atoms with Crippen LogP contribution in [-0.2, 0) is 4.79 Å². The first kappa shape index (κ1) is 19.6. The number of amides is 1. The second-order valence-corrected chi connectivity index (χ2v) is 6.90. The highest BCUT2D eigenvalue weighted by molar-refractivity contribution is 5.88. The quantitative estimate of drug-likeness (QED) is 0.602. The van der Waals surface area contributed by atoms with Crippen LogP contribution < -0.4 is 16.2 Å². The minimum atomic E-state index is -0.206. The van der Waals surface area contributed by atoms with E-state index in [1.165, 1.54) is 0 Å². The third-order valence-corrected chi connectivity index (χ3v) is 4.36. The van der Waals surface area contributed by atoms with Gasteiger partial charge in [0, 0.05) is 50.7 Å². The Morgan fingerprint density at radius 1 is 1.43 bits per heavy atom. The molecule has 0 bridgehead atoms. The summed E-state index contributed by atoms with van der Waals surface area (Å²) < 4.78 is 0. The number of carbonyl (C=O) groups is 1. The zero-order valence-corrected chi connectivity index (χ0v) is 16.3. The number of anilines is 2. The van der Waals surface area contributed by atoms with E-state index < -0.39 is 0 Å².